The summed E-state index contributed by atoms with van der Waals surface area (Å²) >= 11 is 0. The molecule has 0 bridgehead atoms. The molecule has 0 aliphatic rings. The van der Waals surface area contributed by atoms with E-state index in [1.165, 1.54) is 6.92 Å². The third kappa shape index (κ3) is 11.2. The Morgan fingerprint density at radius 2 is 1.85 bits per heavy atom. The van der Waals surface area contributed by atoms with Gasteiger partial charge in [0.05, 0.1) is 6.04 Å². The van der Waals surface area contributed by atoms with Crippen molar-refractivity contribution in [3.8, 4) is 0 Å². The Morgan fingerprint density at radius 1 is 1.15 bits per heavy atom. The molecule has 0 aromatic heterocycles. The number of carboxylic acid groups (broad SMARTS) is 1. The SMILES string of the molecule is CC(=O)NCCCCCC(=O)NC(C=O)CCC(=O)O. The van der Waals surface area contributed by atoms with Gasteiger partial charge in [0.15, 0.2) is 0 Å². The van der Waals surface area contributed by atoms with Crippen molar-refractivity contribution in [3.63, 3.8) is 0 Å². The lowest BCUT2D eigenvalue weighted by Crippen LogP contribution is -2.36. The van der Waals surface area contributed by atoms with Gasteiger partial charge in [0, 0.05) is 26.3 Å². The lowest BCUT2D eigenvalue weighted by Gasteiger charge is -2.11. The van der Waals surface area contributed by atoms with E-state index in [2.05, 4.69) is 10.6 Å². The molecule has 1 unspecified atom stereocenters. The lowest BCUT2D eigenvalue weighted by molar-refractivity contribution is -0.137. The van der Waals surface area contributed by atoms with Crippen LogP contribution < -0.4 is 10.6 Å². The minimum Gasteiger partial charge on any atom is -0.481 e. The highest BCUT2D eigenvalue weighted by atomic mass is 16.4. The molecule has 7 nitrogen and oxygen atoms in total. The van der Waals surface area contributed by atoms with Gasteiger partial charge >= 0.3 is 5.97 Å². The van der Waals surface area contributed by atoms with Crippen molar-refractivity contribution in [2.45, 2.75) is 51.5 Å². The molecule has 20 heavy (non-hydrogen) atoms. The molecule has 2 amide bonds. The van der Waals surface area contributed by atoms with Crippen LogP contribution in [-0.2, 0) is 19.2 Å². The molecular formula is C13H22N2O5. The van der Waals surface area contributed by atoms with Gasteiger partial charge < -0.3 is 20.5 Å². The lowest BCUT2D eigenvalue weighted by atomic mass is 10.1. The van der Waals surface area contributed by atoms with Gasteiger partial charge in [-0.15, -0.1) is 0 Å². The Morgan fingerprint density at radius 3 is 2.40 bits per heavy atom. The minimum absolute atomic E-state index is 0.0741. The first-order valence-corrected chi connectivity index (χ1v) is 6.66. The van der Waals surface area contributed by atoms with Crippen molar-refractivity contribution in [3.05, 3.63) is 0 Å². The number of hydrogen-bond acceptors (Lipinski definition) is 4. The van der Waals surface area contributed by atoms with E-state index in [0.717, 1.165) is 12.8 Å². The highest BCUT2D eigenvalue weighted by Crippen LogP contribution is 2.01. The van der Waals surface area contributed by atoms with Gasteiger partial charge in [-0.25, -0.2) is 0 Å². The molecule has 7 heteroatoms. The molecule has 0 aliphatic carbocycles. The Balaban J connectivity index is 3.67. The van der Waals surface area contributed by atoms with Crippen LogP contribution in [0.4, 0.5) is 0 Å². The zero-order chi connectivity index (χ0) is 15.4. The molecule has 114 valence electrons. The number of aliphatic carboxylic acids is 1. The maximum Gasteiger partial charge on any atom is 0.303 e. The molecule has 0 rings (SSSR count). The zero-order valence-electron chi connectivity index (χ0n) is 11.7. The number of rotatable bonds is 11. The second kappa shape index (κ2) is 11.0. The van der Waals surface area contributed by atoms with E-state index in [1.807, 2.05) is 0 Å². The summed E-state index contributed by atoms with van der Waals surface area (Å²) < 4.78 is 0. The molecule has 0 heterocycles. The third-order valence-corrected chi connectivity index (χ3v) is 2.63. The fourth-order valence-electron chi connectivity index (χ4n) is 1.58. The predicted octanol–water partition coefficient (Wildman–Crippen LogP) is 0.231. The monoisotopic (exact) mass is 286 g/mol. The molecule has 0 saturated heterocycles. The average molecular weight is 286 g/mol. The van der Waals surface area contributed by atoms with Crippen LogP contribution >= 0.6 is 0 Å². The molecule has 0 spiro atoms. The fraction of sp³-hybridized carbons (Fsp3) is 0.692. The molecule has 3 N–H and O–H groups in total. The Hall–Kier alpha value is -1.92. The number of unbranched alkanes of at least 4 members (excludes halogenated alkanes) is 2. The Labute approximate surface area is 118 Å². The molecule has 0 aromatic carbocycles. The quantitative estimate of drug-likeness (QED) is 0.372. The van der Waals surface area contributed by atoms with Crippen molar-refractivity contribution in [1.29, 1.82) is 0 Å². The standard InChI is InChI=1S/C13H22N2O5/c1-10(17)14-8-4-2-3-5-12(18)15-11(9-16)6-7-13(19)20/h9,11H,2-8H2,1H3,(H,14,17)(H,15,18)(H,19,20). The number of aldehydes is 1. The first-order valence-electron chi connectivity index (χ1n) is 6.66. The summed E-state index contributed by atoms with van der Waals surface area (Å²) in [6, 6.07) is -0.738. The van der Waals surface area contributed by atoms with Crippen LogP contribution in [0.2, 0.25) is 0 Å². The number of carbonyl (C=O) groups is 4. The first kappa shape index (κ1) is 18.1. The van der Waals surface area contributed by atoms with Gasteiger partial charge in [-0.1, -0.05) is 6.42 Å². The van der Waals surface area contributed by atoms with Crippen molar-refractivity contribution in [2.24, 2.45) is 0 Å². The minimum atomic E-state index is -0.996. The van der Waals surface area contributed by atoms with Crippen molar-refractivity contribution < 1.29 is 24.3 Å². The number of nitrogens with one attached hydrogen (secondary N) is 2. The molecular weight excluding hydrogens is 264 g/mol. The second-order valence-corrected chi connectivity index (χ2v) is 4.54. The van der Waals surface area contributed by atoms with E-state index in [9.17, 15) is 19.2 Å². The van der Waals surface area contributed by atoms with Gasteiger partial charge in [0.2, 0.25) is 11.8 Å². The maximum absolute atomic E-state index is 11.5. The highest BCUT2D eigenvalue weighted by Gasteiger charge is 2.12. The Bertz CT molecular complexity index is 344. The molecule has 0 saturated carbocycles. The van der Waals surface area contributed by atoms with Crippen LogP contribution in [0.1, 0.15) is 45.4 Å². The summed E-state index contributed by atoms with van der Waals surface area (Å²) in [4.78, 5) is 43.2. The number of amides is 2. The van der Waals surface area contributed by atoms with E-state index in [0.29, 0.717) is 19.3 Å². The summed E-state index contributed by atoms with van der Waals surface area (Å²) in [5.74, 6) is -1.33. The maximum atomic E-state index is 11.5. The van der Waals surface area contributed by atoms with Crippen LogP contribution in [0.25, 0.3) is 0 Å². The number of carboxylic acids is 1. The summed E-state index contributed by atoms with van der Waals surface area (Å²) in [5.41, 5.74) is 0. The fourth-order valence-corrected chi connectivity index (χ4v) is 1.58. The largest absolute Gasteiger partial charge is 0.481 e. The van der Waals surface area contributed by atoms with Crippen LogP contribution in [0.3, 0.4) is 0 Å². The van der Waals surface area contributed by atoms with Gasteiger partial charge in [0.25, 0.3) is 0 Å². The van der Waals surface area contributed by atoms with Crippen molar-refractivity contribution >= 4 is 24.1 Å². The molecule has 0 radical (unpaired) electrons. The predicted molar refractivity (Wildman–Crippen MR) is 72.0 cm³/mol. The van der Waals surface area contributed by atoms with Gasteiger partial charge in [-0.05, 0) is 19.3 Å². The van der Waals surface area contributed by atoms with Crippen molar-refractivity contribution in [1.82, 2.24) is 10.6 Å². The Kier molecular flexibility index (Phi) is 9.90. The zero-order valence-corrected chi connectivity index (χ0v) is 11.7. The summed E-state index contributed by atoms with van der Waals surface area (Å²) in [6.45, 7) is 2.04. The van der Waals surface area contributed by atoms with E-state index < -0.39 is 12.0 Å². The highest BCUT2D eigenvalue weighted by molar-refractivity contribution is 5.79. The topological polar surface area (TPSA) is 113 Å². The van der Waals surface area contributed by atoms with E-state index in [-0.39, 0.29) is 31.1 Å². The molecule has 0 aliphatic heterocycles. The van der Waals surface area contributed by atoms with E-state index in [1.54, 1.807) is 0 Å². The summed E-state index contributed by atoms with van der Waals surface area (Å²) in [6.07, 6.45) is 3.05. The van der Waals surface area contributed by atoms with Gasteiger partial charge in [-0.3, -0.25) is 14.4 Å². The van der Waals surface area contributed by atoms with Gasteiger partial charge in [-0.2, -0.15) is 0 Å². The van der Waals surface area contributed by atoms with Crippen LogP contribution in [0.15, 0.2) is 0 Å². The van der Waals surface area contributed by atoms with E-state index in [4.69, 9.17) is 5.11 Å². The molecule has 1 atom stereocenters. The van der Waals surface area contributed by atoms with Crippen LogP contribution in [0, 0.1) is 0 Å². The summed E-state index contributed by atoms with van der Waals surface area (Å²) in [5, 5.41) is 13.6. The van der Waals surface area contributed by atoms with Crippen molar-refractivity contribution in [2.75, 3.05) is 6.54 Å². The average Bonchev–Trinajstić information content (AvgIpc) is 2.38. The third-order valence-electron chi connectivity index (χ3n) is 2.63. The second-order valence-electron chi connectivity index (χ2n) is 4.54. The molecule has 0 fully saturated rings. The normalized spacial score (nSPS) is 11.4. The van der Waals surface area contributed by atoms with E-state index >= 15 is 0 Å². The first-order chi connectivity index (χ1) is 9.45. The summed E-state index contributed by atoms with van der Waals surface area (Å²) in [7, 11) is 0. The van der Waals surface area contributed by atoms with Gasteiger partial charge in [0.1, 0.15) is 6.29 Å². The van der Waals surface area contributed by atoms with Crippen LogP contribution in [0.5, 0.6) is 0 Å². The number of carbonyl (C=O) groups excluding carboxylic acids is 3. The number of hydrogen-bond donors (Lipinski definition) is 3. The molecule has 0 aromatic rings. The smallest absolute Gasteiger partial charge is 0.303 e. The van der Waals surface area contributed by atoms with Crippen LogP contribution in [-0.4, -0.2) is 41.8 Å².